The summed E-state index contributed by atoms with van der Waals surface area (Å²) in [6.07, 6.45) is 2.41. The molecule has 0 aliphatic carbocycles. The minimum atomic E-state index is -0.0650. The number of nitrogens with zero attached hydrogens (tertiary/aromatic N) is 1. The van der Waals surface area contributed by atoms with Gasteiger partial charge in [0.2, 0.25) is 5.91 Å². The minimum Gasteiger partial charge on any atom is -0.374 e. The van der Waals surface area contributed by atoms with Crippen LogP contribution in [0.1, 0.15) is 24.0 Å². The van der Waals surface area contributed by atoms with Crippen molar-refractivity contribution >= 4 is 34.6 Å². The van der Waals surface area contributed by atoms with Crippen LogP contribution in [0.15, 0.2) is 36.4 Å². The maximum Gasteiger partial charge on any atom is 0.243 e. The van der Waals surface area contributed by atoms with Gasteiger partial charge in [-0.15, -0.1) is 0 Å². The topological polar surface area (TPSA) is 44.4 Å². The van der Waals surface area contributed by atoms with E-state index in [9.17, 15) is 4.79 Å². The third-order valence-corrected chi connectivity index (χ3v) is 4.83. The molecule has 0 aromatic heterocycles. The van der Waals surface area contributed by atoms with Crippen LogP contribution in [0.3, 0.4) is 0 Å². The monoisotopic (exact) mass is 357 g/mol. The molecule has 0 saturated carbocycles. The highest BCUT2D eigenvalue weighted by molar-refractivity contribution is 6.31. The molecule has 25 heavy (non-hydrogen) atoms. The maximum atomic E-state index is 12.4. The summed E-state index contributed by atoms with van der Waals surface area (Å²) in [5.74, 6) is -0.0650. The third-order valence-electron chi connectivity index (χ3n) is 4.59. The van der Waals surface area contributed by atoms with Crippen molar-refractivity contribution in [3.8, 4) is 0 Å². The number of aryl methyl sites for hydroxylation is 2. The van der Waals surface area contributed by atoms with Crippen molar-refractivity contribution in [1.29, 1.82) is 0 Å². The number of rotatable bonds is 5. The molecular formula is C20H24ClN3O. The number of halogens is 1. The van der Waals surface area contributed by atoms with Gasteiger partial charge in [0.1, 0.15) is 0 Å². The molecule has 2 aromatic carbocycles. The van der Waals surface area contributed by atoms with E-state index in [4.69, 9.17) is 11.6 Å². The second-order valence-electron chi connectivity index (χ2n) is 6.52. The zero-order valence-electron chi connectivity index (χ0n) is 14.7. The fourth-order valence-corrected chi connectivity index (χ4v) is 3.43. The van der Waals surface area contributed by atoms with E-state index in [1.165, 1.54) is 12.8 Å². The van der Waals surface area contributed by atoms with Crippen molar-refractivity contribution in [3.05, 3.63) is 52.5 Å². The number of carbonyl (C=O) groups excluding carboxylic acids is 1. The SMILES string of the molecule is Cc1cccc(C)c1NC(=O)CNc1cc(Cl)ccc1N1CCCC1. The first-order chi connectivity index (χ1) is 12.0. The Balaban J connectivity index is 1.69. The van der Waals surface area contributed by atoms with E-state index in [1.807, 2.05) is 50.2 Å². The van der Waals surface area contributed by atoms with Crippen LogP contribution >= 0.6 is 11.6 Å². The number of amides is 1. The standard InChI is InChI=1S/C20H24ClN3O/c1-14-6-5-7-15(2)20(14)23-19(25)13-22-17-12-16(21)8-9-18(17)24-10-3-4-11-24/h5-9,12,22H,3-4,10-11,13H2,1-2H3,(H,23,25). The first-order valence-electron chi connectivity index (χ1n) is 8.69. The van der Waals surface area contributed by atoms with Gasteiger partial charge in [-0.3, -0.25) is 4.79 Å². The Hall–Kier alpha value is -2.20. The molecule has 0 bridgehead atoms. The lowest BCUT2D eigenvalue weighted by Crippen LogP contribution is -2.24. The Morgan fingerprint density at radius 3 is 2.48 bits per heavy atom. The molecule has 1 aliphatic heterocycles. The number of hydrogen-bond donors (Lipinski definition) is 2. The fraction of sp³-hybridized carbons (Fsp3) is 0.350. The van der Waals surface area contributed by atoms with Crippen LogP contribution in [0.2, 0.25) is 5.02 Å². The zero-order chi connectivity index (χ0) is 17.8. The Morgan fingerprint density at radius 2 is 1.80 bits per heavy atom. The molecule has 0 spiro atoms. The molecule has 0 radical (unpaired) electrons. The van der Waals surface area contributed by atoms with Gasteiger partial charge in [-0.1, -0.05) is 29.8 Å². The van der Waals surface area contributed by atoms with E-state index in [1.54, 1.807) is 0 Å². The molecule has 1 saturated heterocycles. The number of para-hydroxylation sites is 1. The fourth-order valence-electron chi connectivity index (χ4n) is 3.25. The quantitative estimate of drug-likeness (QED) is 0.821. The van der Waals surface area contributed by atoms with E-state index < -0.39 is 0 Å². The highest BCUT2D eigenvalue weighted by atomic mass is 35.5. The van der Waals surface area contributed by atoms with Crippen molar-refractivity contribution in [2.45, 2.75) is 26.7 Å². The predicted octanol–water partition coefficient (Wildman–Crippen LogP) is 4.61. The molecule has 2 aromatic rings. The minimum absolute atomic E-state index is 0.0650. The van der Waals surface area contributed by atoms with Gasteiger partial charge in [0, 0.05) is 23.8 Å². The average molecular weight is 358 g/mol. The summed E-state index contributed by atoms with van der Waals surface area (Å²) in [7, 11) is 0. The van der Waals surface area contributed by atoms with Crippen molar-refractivity contribution in [1.82, 2.24) is 0 Å². The summed E-state index contributed by atoms with van der Waals surface area (Å²) in [5, 5.41) is 6.92. The number of carbonyl (C=O) groups is 1. The zero-order valence-corrected chi connectivity index (χ0v) is 15.5. The van der Waals surface area contributed by atoms with E-state index >= 15 is 0 Å². The average Bonchev–Trinajstić information content (AvgIpc) is 3.11. The van der Waals surface area contributed by atoms with Crippen molar-refractivity contribution in [3.63, 3.8) is 0 Å². The second kappa shape index (κ2) is 7.79. The van der Waals surface area contributed by atoms with Gasteiger partial charge >= 0.3 is 0 Å². The lowest BCUT2D eigenvalue weighted by atomic mass is 10.1. The van der Waals surface area contributed by atoms with Gasteiger partial charge in [-0.25, -0.2) is 0 Å². The Morgan fingerprint density at radius 1 is 1.12 bits per heavy atom. The smallest absolute Gasteiger partial charge is 0.243 e. The van der Waals surface area contributed by atoms with Crippen LogP contribution in [-0.4, -0.2) is 25.5 Å². The maximum absolute atomic E-state index is 12.4. The number of nitrogens with one attached hydrogen (secondary N) is 2. The largest absolute Gasteiger partial charge is 0.374 e. The van der Waals surface area contributed by atoms with E-state index in [-0.39, 0.29) is 12.5 Å². The van der Waals surface area contributed by atoms with Gasteiger partial charge in [0.05, 0.1) is 17.9 Å². The lowest BCUT2D eigenvalue weighted by molar-refractivity contribution is -0.114. The normalized spacial score (nSPS) is 13.8. The van der Waals surface area contributed by atoms with Crippen molar-refractivity contribution in [2.24, 2.45) is 0 Å². The van der Waals surface area contributed by atoms with Gasteiger partial charge in [-0.05, 0) is 56.0 Å². The van der Waals surface area contributed by atoms with E-state index in [2.05, 4.69) is 15.5 Å². The molecule has 132 valence electrons. The van der Waals surface area contributed by atoms with Crippen LogP contribution in [0.5, 0.6) is 0 Å². The summed E-state index contributed by atoms with van der Waals surface area (Å²) >= 11 is 6.15. The molecule has 1 amide bonds. The molecule has 4 nitrogen and oxygen atoms in total. The summed E-state index contributed by atoms with van der Waals surface area (Å²) in [6.45, 7) is 6.29. The van der Waals surface area contributed by atoms with Crippen molar-refractivity contribution in [2.75, 3.05) is 35.2 Å². The summed E-state index contributed by atoms with van der Waals surface area (Å²) in [6, 6.07) is 11.8. The first-order valence-corrected chi connectivity index (χ1v) is 9.07. The van der Waals surface area contributed by atoms with Crippen LogP contribution < -0.4 is 15.5 Å². The van der Waals surface area contributed by atoms with E-state index in [0.29, 0.717) is 5.02 Å². The first kappa shape index (κ1) is 17.6. The number of benzene rings is 2. The third kappa shape index (κ3) is 4.26. The lowest BCUT2D eigenvalue weighted by Gasteiger charge is -2.22. The molecule has 5 heteroatoms. The van der Waals surface area contributed by atoms with Gasteiger partial charge in [0.15, 0.2) is 0 Å². The van der Waals surface area contributed by atoms with Crippen LogP contribution in [0.4, 0.5) is 17.1 Å². The van der Waals surface area contributed by atoms with Gasteiger partial charge < -0.3 is 15.5 Å². The van der Waals surface area contributed by atoms with E-state index in [0.717, 1.165) is 41.3 Å². The van der Waals surface area contributed by atoms with Gasteiger partial charge in [-0.2, -0.15) is 0 Å². The second-order valence-corrected chi connectivity index (χ2v) is 6.96. The predicted molar refractivity (Wildman–Crippen MR) is 106 cm³/mol. The molecule has 0 atom stereocenters. The van der Waals surface area contributed by atoms with Crippen molar-refractivity contribution < 1.29 is 4.79 Å². The number of hydrogen-bond acceptors (Lipinski definition) is 3. The summed E-state index contributed by atoms with van der Waals surface area (Å²) in [5.41, 5.74) is 5.04. The van der Waals surface area contributed by atoms with Crippen LogP contribution in [0, 0.1) is 13.8 Å². The number of anilines is 3. The Labute approximate surface area is 154 Å². The molecule has 3 rings (SSSR count). The molecule has 1 heterocycles. The van der Waals surface area contributed by atoms with Crippen LogP contribution in [-0.2, 0) is 4.79 Å². The Kier molecular flexibility index (Phi) is 5.49. The molecule has 1 aliphatic rings. The molecule has 2 N–H and O–H groups in total. The van der Waals surface area contributed by atoms with Gasteiger partial charge in [0.25, 0.3) is 0 Å². The Bertz CT molecular complexity index is 749. The summed E-state index contributed by atoms with van der Waals surface area (Å²) in [4.78, 5) is 14.7. The highest BCUT2D eigenvalue weighted by Gasteiger charge is 2.16. The molecular weight excluding hydrogens is 334 g/mol. The highest BCUT2D eigenvalue weighted by Crippen LogP contribution is 2.31. The molecule has 1 fully saturated rings. The summed E-state index contributed by atoms with van der Waals surface area (Å²) < 4.78 is 0. The van der Waals surface area contributed by atoms with Crippen LogP contribution in [0.25, 0.3) is 0 Å². The molecule has 0 unspecified atom stereocenters.